The lowest BCUT2D eigenvalue weighted by Gasteiger charge is -2.26. The lowest BCUT2D eigenvalue weighted by Crippen LogP contribution is -2.27. The van der Waals surface area contributed by atoms with E-state index >= 15 is 0 Å². The van der Waals surface area contributed by atoms with Crippen molar-refractivity contribution in [3.8, 4) is 0 Å². The van der Waals surface area contributed by atoms with Crippen LogP contribution in [0.4, 0.5) is 0 Å². The molecule has 0 saturated heterocycles. The Morgan fingerprint density at radius 2 is 1.60 bits per heavy atom. The first-order chi connectivity index (χ1) is 9.90. The minimum Gasteiger partial charge on any atom is -0.295 e. The quantitative estimate of drug-likeness (QED) is 0.807. The van der Waals surface area contributed by atoms with E-state index in [9.17, 15) is 0 Å². The molecule has 0 spiro atoms. The Labute approximate surface area is 125 Å². The highest BCUT2D eigenvalue weighted by atomic mass is 32.2. The van der Waals surface area contributed by atoms with Crippen molar-refractivity contribution >= 4 is 11.8 Å². The van der Waals surface area contributed by atoms with E-state index in [2.05, 4.69) is 71.6 Å². The molecule has 1 aliphatic rings. The fourth-order valence-corrected chi connectivity index (χ4v) is 3.36. The first-order valence-electron chi connectivity index (χ1n) is 7.08. The molecule has 0 radical (unpaired) electrons. The molecule has 0 saturated carbocycles. The lowest BCUT2D eigenvalue weighted by atomic mass is 10.2. The Morgan fingerprint density at radius 1 is 0.900 bits per heavy atom. The number of hydrogen-bond acceptors (Lipinski definition) is 2. The van der Waals surface area contributed by atoms with Crippen LogP contribution in [-0.2, 0) is 6.54 Å². The van der Waals surface area contributed by atoms with Crippen molar-refractivity contribution in [3.63, 3.8) is 0 Å². The number of benzene rings is 2. The van der Waals surface area contributed by atoms with Crippen LogP contribution in [0.1, 0.15) is 12.0 Å². The fourth-order valence-electron chi connectivity index (χ4n) is 2.41. The molecule has 1 nitrogen and oxygen atoms in total. The fraction of sp³-hybridized carbons (Fsp3) is 0.222. The zero-order valence-electron chi connectivity index (χ0n) is 11.5. The van der Waals surface area contributed by atoms with Crippen LogP contribution in [0, 0.1) is 0 Å². The van der Waals surface area contributed by atoms with Gasteiger partial charge in [-0.2, -0.15) is 0 Å². The highest BCUT2D eigenvalue weighted by Gasteiger charge is 2.12. The summed E-state index contributed by atoms with van der Waals surface area (Å²) in [6, 6.07) is 21.4. The van der Waals surface area contributed by atoms with Gasteiger partial charge in [0.2, 0.25) is 0 Å². The van der Waals surface area contributed by atoms with Gasteiger partial charge in [0.1, 0.15) is 0 Å². The maximum Gasteiger partial charge on any atom is 0.0237 e. The molecule has 2 aromatic carbocycles. The first kappa shape index (κ1) is 13.5. The Morgan fingerprint density at radius 3 is 2.25 bits per heavy atom. The summed E-state index contributed by atoms with van der Waals surface area (Å²) in [5.41, 5.74) is 1.40. The normalized spacial score (nSPS) is 15.9. The standard InChI is InChI=1S/C18H19NS/c1-3-7-16(8-4-1)15-19-13-11-18(12-14-19)20-17-9-5-2-6-10-17/h1-11H,12-15H2. The van der Waals surface area contributed by atoms with Crippen molar-refractivity contribution in [2.45, 2.75) is 17.9 Å². The molecule has 0 N–H and O–H groups in total. The predicted molar refractivity (Wildman–Crippen MR) is 86.7 cm³/mol. The van der Waals surface area contributed by atoms with Crippen LogP contribution in [0.2, 0.25) is 0 Å². The molecule has 1 aliphatic heterocycles. The van der Waals surface area contributed by atoms with Crippen molar-refractivity contribution in [2.24, 2.45) is 0 Å². The second-order valence-electron chi connectivity index (χ2n) is 5.06. The van der Waals surface area contributed by atoms with Crippen LogP contribution >= 0.6 is 11.8 Å². The summed E-state index contributed by atoms with van der Waals surface area (Å²) in [7, 11) is 0. The molecule has 0 atom stereocenters. The molecule has 3 rings (SSSR count). The third-order valence-corrected chi connectivity index (χ3v) is 4.63. The van der Waals surface area contributed by atoms with Crippen LogP contribution in [0.3, 0.4) is 0 Å². The Kier molecular flexibility index (Phi) is 4.57. The highest BCUT2D eigenvalue weighted by Crippen LogP contribution is 2.30. The Bertz CT molecular complexity index is 562. The molecular weight excluding hydrogens is 262 g/mol. The van der Waals surface area contributed by atoms with Gasteiger partial charge in [-0.25, -0.2) is 0 Å². The summed E-state index contributed by atoms with van der Waals surface area (Å²) in [6.07, 6.45) is 3.54. The van der Waals surface area contributed by atoms with E-state index in [1.807, 2.05) is 11.8 Å². The van der Waals surface area contributed by atoms with Gasteiger partial charge in [-0.05, 0) is 29.0 Å². The topological polar surface area (TPSA) is 3.24 Å². The molecule has 102 valence electrons. The van der Waals surface area contributed by atoms with E-state index in [1.165, 1.54) is 15.4 Å². The molecule has 2 aromatic rings. The van der Waals surface area contributed by atoms with Gasteiger partial charge in [0.15, 0.2) is 0 Å². The molecule has 2 heteroatoms. The maximum absolute atomic E-state index is 2.50. The van der Waals surface area contributed by atoms with Gasteiger partial charge >= 0.3 is 0 Å². The third kappa shape index (κ3) is 3.75. The van der Waals surface area contributed by atoms with Crippen LogP contribution < -0.4 is 0 Å². The number of nitrogens with zero attached hydrogens (tertiary/aromatic N) is 1. The van der Waals surface area contributed by atoms with Crippen LogP contribution in [0.5, 0.6) is 0 Å². The van der Waals surface area contributed by atoms with E-state index in [0.29, 0.717) is 0 Å². The van der Waals surface area contributed by atoms with Crippen molar-refractivity contribution in [1.29, 1.82) is 0 Å². The second kappa shape index (κ2) is 6.78. The number of hydrogen-bond donors (Lipinski definition) is 0. The molecule has 0 unspecified atom stereocenters. The Hall–Kier alpha value is -1.51. The van der Waals surface area contributed by atoms with Gasteiger partial charge in [-0.15, -0.1) is 0 Å². The van der Waals surface area contributed by atoms with E-state index in [0.717, 1.165) is 26.1 Å². The molecule has 0 aromatic heterocycles. The van der Waals surface area contributed by atoms with Crippen molar-refractivity contribution in [1.82, 2.24) is 4.90 Å². The van der Waals surface area contributed by atoms with E-state index < -0.39 is 0 Å². The van der Waals surface area contributed by atoms with Crippen LogP contribution in [0.15, 0.2) is 76.5 Å². The summed E-state index contributed by atoms with van der Waals surface area (Å²) in [4.78, 5) is 5.35. The van der Waals surface area contributed by atoms with Gasteiger partial charge in [0.25, 0.3) is 0 Å². The monoisotopic (exact) mass is 281 g/mol. The summed E-state index contributed by atoms with van der Waals surface area (Å²) >= 11 is 1.91. The van der Waals surface area contributed by atoms with Crippen molar-refractivity contribution in [3.05, 3.63) is 77.2 Å². The van der Waals surface area contributed by atoms with Gasteiger partial charge in [0, 0.05) is 24.5 Å². The smallest absolute Gasteiger partial charge is 0.0237 e. The van der Waals surface area contributed by atoms with E-state index in [4.69, 9.17) is 0 Å². The summed E-state index contributed by atoms with van der Waals surface area (Å²) < 4.78 is 0. The van der Waals surface area contributed by atoms with Gasteiger partial charge in [-0.1, -0.05) is 66.4 Å². The van der Waals surface area contributed by atoms with E-state index in [-0.39, 0.29) is 0 Å². The summed E-state index contributed by atoms with van der Waals surface area (Å²) in [6.45, 7) is 3.27. The van der Waals surface area contributed by atoms with Gasteiger partial charge in [-0.3, -0.25) is 4.90 Å². The molecule has 0 bridgehead atoms. The van der Waals surface area contributed by atoms with E-state index in [1.54, 1.807) is 0 Å². The molecule has 20 heavy (non-hydrogen) atoms. The van der Waals surface area contributed by atoms with Crippen LogP contribution in [0.25, 0.3) is 0 Å². The van der Waals surface area contributed by atoms with Crippen molar-refractivity contribution in [2.75, 3.05) is 13.1 Å². The SMILES string of the molecule is C1=C(Sc2ccccc2)CCN(Cc2ccccc2)C1. The number of thioether (sulfide) groups is 1. The average molecular weight is 281 g/mol. The zero-order chi connectivity index (χ0) is 13.6. The van der Waals surface area contributed by atoms with Gasteiger partial charge in [0.05, 0.1) is 0 Å². The zero-order valence-corrected chi connectivity index (χ0v) is 12.4. The highest BCUT2D eigenvalue weighted by molar-refractivity contribution is 8.03. The molecule has 0 fully saturated rings. The maximum atomic E-state index is 2.50. The predicted octanol–water partition coefficient (Wildman–Crippen LogP) is 4.57. The molecule has 0 aliphatic carbocycles. The minimum atomic E-state index is 1.06. The third-order valence-electron chi connectivity index (χ3n) is 3.49. The Balaban J connectivity index is 1.55. The average Bonchev–Trinajstić information content (AvgIpc) is 2.51. The molecule has 1 heterocycles. The molecule has 0 amide bonds. The first-order valence-corrected chi connectivity index (χ1v) is 7.90. The van der Waals surface area contributed by atoms with Gasteiger partial charge < -0.3 is 0 Å². The molecular formula is C18H19NS. The van der Waals surface area contributed by atoms with Crippen molar-refractivity contribution < 1.29 is 0 Å². The van der Waals surface area contributed by atoms with Crippen LogP contribution in [-0.4, -0.2) is 18.0 Å². The second-order valence-corrected chi connectivity index (χ2v) is 6.26. The summed E-state index contributed by atoms with van der Waals surface area (Å²) in [5.74, 6) is 0. The number of rotatable bonds is 4. The largest absolute Gasteiger partial charge is 0.295 e. The lowest BCUT2D eigenvalue weighted by molar-refractivity contribution is 0.289. The minimum absolute atomic E-state index is 1.06. The summed E-state index contributed by atoms with van der Waals surface area (Å²) in [5, 5.41) is 0.